The van der Waals surface area contributed by atoms with Crippen LogP contribution in [0, 0.1) is 5.92 Å². The molecule has 138 valence electrons. The lowest BCUT2D eigenvalue weighted by Crippen LogP contribution is -2.53. The fourth-order valence-corrected chi connectivity index (χ4v) is 4.48. The smallest absolute Gasteiger partial charge is 0.223 e. The second-order valence-corrected chi connectivity index (χ2v) is 7.90. The number of ether oxygens (including phenoxy) is 2. The van der Waals surface area contributed by atoms with Crippen molar-refractivity contribution in [2.75, 3.05) is 20.3 Å². The van der Waals surface area contributed by atoms with Crippen LogP contribution in [0.1, 0.15) is 50.5 Å². The van der Waals surface area contributed by atoms with Crippen molar-refractivity contribution in [2.24, 2.45) is 5.92 Å². The highest BCUT2D eigenvalue weighted by Crippen LogP contribution is 2.44. The van der Waals surface area contributed by atoms with Gasteiger partial charge in [0.25, 0.3) is 0 Å². The van der Waals surface area contributed by atoms with Gasteiger partial charge in [-0.05, 0) is 56.4 Å². The van der Waals surface area contributed by atoms with E-state index < -0.39 is 0 Å². The number of nitrogens with one attached hydrogen (secondary N) is 1. The summed E-state index contributed by atoms with van der Waals surface area (Å²) >= 11 is 0. The highest BCUT2D eigenvalue weighted by molar-refractivity contribution is 5.77. The Balaban J connectivity index is 1.38. The molecule has 1 N–H and O–H groups in total. The molecule has 1 aromatic rings. The highest BCUT2D eigenvalue weighted by atomic mass is 16.5. The van der Waals surface area contributed by atoms with Crippen molar-refractivity contribution in [2.45, 2.75) is 69.1 Å². The predicted octanol–water partition coefficient (Wildman–Crippen LogP) is 2.31. The first-order valence-corrected chi connectivity index (χ1v) is 9.64. The van der Waals surface area contributed by atoms with E-state index in [0.717, 1.165) is 56.7 Å². The van der Waals surface area contributed by atoms with Crippen LogP contribution in [0.4, 0.5) is 0 Å². The van der Waals surface area contributed by atoms with E-state index in [-0.39, 0.29) is 23.7 Å². The fourth-order valence-electron chi connectivity index (χ4n) is 4.48. The van der Waals surface area contributed by atoms with Gasteiger partial charge in [-0.15, -0.1) is 0 Å². The van der Waals surface area contributed by atoms with Crippen LogP contribution in [-0.4, -0.2) is 59.0 Å². The van der Waals surface area contributed by atoms with Crippen LogP contribution in [0.5, 0.6) is 0 Å². The molecule has 1 amide bonds. The van der Waals surface area contributed by atoms with E-state index >= 15 is 0 Å². The van der Waals surface area contributed by atoms with E-state index in [9.17, 15) is 4.79 Å². The van der Waals surface area contributed by atoms with Gasteiger partial charge in [-0.1, -0.05) is 0 Å². The molecule has 0 bridgehead atoms. The van der Waals surface area contributed by atoms with E-state index in [1.165, 1.54) is 12.8 Å². The van der Waals surface area contributed by atoms with Gasteiger partial charge in [-0.3, -0.25) is 9.89 Å². The summed E-state index contributed by atoms with van der Waals surface area (Å²) in [7, 11) is 1.80. The zero-order valence-corrected chi connectivity index (χ0v) is 15.1. The number of hydrogen-bond acceptors (Lipinski definition) is 4. The molecule has 1 aliphatic heterocycles. The van der Waals surface area contributed by atoms with Crippen LogP contribution in [-0.2, 0) is 20.7 Å². The first kappa shape index (κ1) is 17.0. The number of H-pyrrole nitrogens is 1. The van der Waals surface area contributed by atoms with Crippen LogP contribution < -0.4 is 0 Å². The Morgan fingerprint density at radius 2 is 2.28 bits per heavy atom. The maximum absolute atomic E-state index is 12.8. The molecule has 0 unspecified atom stereocenters. The third-order valence-corrected chi connectivity index (χ3v) is 6.31. The van der Waals surface area contributed by atoms with Crippen LogP contribution in [0.15, 0.2) is 12.4 Å². The van der Waals surface area contributed by atoms with Gasteiger partial charge < -0.3 is 14.4 Å². The molecule has 0 aromatic carbocycles. The largest absolute Gasteiger partial charge is 0.378 e. The molecule has 3 atom stereocenters. The number of fused-ring (bicyclic) bond motifs is 1. The lowest BCUT2D eigenvalue weighted by atomic mass is 9.79. The van der Waals surface area contributed by atoms with Gasteiger partial charge in [0.05, 0.1) is 23.9 Å². The topological polar surface area (TPSA) is 67.5 Å². The van der Waals surface area contributed by atoms with Crippen LogP contribution in [0.2, 0.25) is 0 Å². The summed E-state index contributed by atoms with van der Waals surface area (Å²) in [5.41, 5.74) is 0.921. The zero-order chi connectivity index (χ0) is 17.3. The minimum Gasteiger partial charge on any atom is -0.378 e. The first-order chi connectivity index (χ1) is 12.2. The molecule has 1 aromatic heterocycles. The molecule has 6 nitrogen and oxygen atoms in total. The van der Waals surface area contributed by atoms with Crippen molar-refractivity contribution in [1.82, 2.24) is 15.1 Å². The molecule has 6 heteroatoms. The second kappa shape index (κ2) is 7.08. The number of methoxy groups -OCH3 is 1. The number of hydrogen-bond donors (Lipinski definition) is 1. The summed E-state index contributed by atoms with van der Waals surface area (Å²) in [6, 6.07) is 0.160. The molecule has 2 saturated carbocycles. The van der Waals surface area contributed by atoms with E-state index in [1.807, 2.05) is 6.20 Å². The third-order valence-electron chi connectivity index (χ3n) is 6.31. The Bertz CT molecular complexity index is 587. The normalized spacial score (nSPS) is 32.0. The molecule has 4 rings (SSSR count). The Labute approximate surface area is 149 Å². The van der Waals surface area contributed by atoms with Crippen molar-refractivity contribution >= 4 is 5.91 Å². The van der Waals surface area contributed by atoms with Gasteiger partial charge in [0.2, 0.25) is 5.91 Å². The number of aromatic nitrogens is 2. The summed E-state index contributed by atoms with van der Waals surface area (Å²) in [6.07, 6.45) is 11.7. The highest BCUT2D eigenvalue weighted by Gasteiger charge is 2.52. The molecule has 0 radical (unpaired) electrons. The lowest BCUT2D eigenvalue weighted by Gasteiger charge is -2.43. The number of rotatable bonds is 7. The van der Waals surface area contributed by atoms with Crippen molar-refractivity contribution in [3.63, 3.8) is 0 Å². The van der Waals surface area contributed by atoms with Gasteiger partial charge in [-0.2, -0.15) is 5.10 Å². The standard InChI is InChI=1S/C19H29N3O3/c1-24-19-7-6-16(25-13-14-2-3-14)10-17(19)22(9-8-19)18(23)5-4-15-11-20-21-12-15/h11-12,14,16-17H,2-10,13H2,1H3,(H,20,21)/t16-,17-,19+/m0/s1. The summed E-state index contributed by atoms with van der Waals surface area (Å²) in [5, 5.41) is 6.76. The summed E-state index contributed by atoms with van der Waals surface area (Å²) in [5.74, 6) is 1.01. The fraction of sp³-hybridized carbons (Fsp3) is 0.789. The number of amides is 1. The number of carbonyl (C=O) groups is 1. The van der Waals surface area contributed by atoms with E-state index in [2.05, 4.69) is 15.1 Å². The van der Waals surface area contributed by atoms with Gasteiger partial charge in [0, 0.05) is 32.9 Å². The van der Waals surface area contributed by atoms with Gasteiger partial charge in [-0.25, -0.2) is 0 Å². The van der Waals surface area contributed by atoms with Crippen molar-refractivity contribution < 1.29 is 14.3 Å². The Kier molecular flexibility index (Phi) is 4.82. The van der Waals surface area contributed by atoms with E-state index in [0.29, 0.717) is 6.42 Å². The van der Waals surface area contributed by atoms with E-state index in [4.69, 9.17) is 9.47 Å². The maximum Gasteiger partial charge on any atom is 0.223 e. The number of nitrogens with zero attached hydrogens (tertiary/aromatic N) is 2. The van der Waals surface area contributed by atoms with E-state index in [1.54, 1.807) is 13.3 Å². The number of carbonyl (C=O) groups excluding carboxylic acids is 1. The quantitative estimate of drug-likeness (QED) is 0.822. The van der Waals surface area contributed by atoms with Crippen LogP contribution in [0.25, 0.3) is 0 Å². The Morgan fingerprint density at radius 1 is 1.40 bits per heavy atom. The average molecular weight is 347 g/mol. The summed E-state index contributed by atoms with van der Waals surface area (Å²) in [6.45, 7) is 1.70. The first-order valence-electron chi connectivity index (χ1n) is 9.64. The number of likely N-dealkylation sites (tertiary alicyclic amines) is 1. The number of aromatic amines is 1. The molecule has 1 saturated heterocycles. The molecule has 3 aliphatic rings. The molecule has 25 heavy (non-hydrogen) atoms. The molecular formula is C19H29N3O3. The molecule has 2 heterocycles. The summed E-state index contributed by atoms with van der Waals surface area (Å²) in [4.78, 5) is 14.9. The van der Waals surface area contributed by atoms with Crippen molar-refractivity contribution in [3.05, 3.63) is 18.0 Å². The van der Waals surface area contributed by atoms with Crippen molar-refractivity contribution in [3.8, 4) is 0 Å². The minimum absolute atomic E-state index is 0.160. The van der Waals surface area contributed by atoms with Crippen molar-refractivity contribution in [1.29, 1.82) is 0 Å². The molecular weight excluding hydrogens is 318 g/mol. The zero-order valence-electron chi connectivity index (χ0n) is 15.1. The molecule has 0 spiro atoms. The van der Waals surface area contributed by atoms with Gasteiger partial charge >= 0.3 is 0 Å². The Morgan fingerprint density at radius 3 is 3.00 bits per heavy atom. The Hall–Kier alpha value is -1.40. The lowest BCUT2D eigenvalue weighted by molar-refractivity contribution is -0.141. The maximum atomic E-state index is 12.8. The minimum atomic E-state index is -0.162. The number of aryl methyl sites for hydroxylation is 1. The SMILES string of the molecule is CO[C@@]12CC[C@H](OCC3CC3)C[C@@H]1N(C(=O)CCc1cn[nH]c1)CC2. The third kappa shape index (κ3) is 3.60. The van der Waals surface area contributed by atoms with Gasteiger partial charge in [0.1, 0.15) is 0 Å². The summed E-state index contributed by atoms with van der Waals surface area (Å²) < 4.78 is 12.1. The van der Waals surface area contributed by atoms with Crippen LogP contribution >= 0.6 is 0 Å². The monoisotopic (exact) mass is 347 g/mol. The second-order valence-electron chi connectivity index (χ2n) is 7.90. The van der Waals surface area contributed by atoms with Gasteiger partial charge in [0.15, 0.2) is 0 Å². The van der Waals surface area contributed by atoms with Crippen LogP contribution in [0.3, 0.4) is 0 Å². The predicted molar refractivity (Wildman–Crippen MR) is 93.1 cm³/mol. The average Bonchev–Trinajstić information content (AvgIpc) is 3.17. The molecule has 3 fully saturated rings. The molecule has 2 aliphatic carbocycles.